The lowest BCUT2D eigenvalue weighted by Crippen LogP contribution is -2.15. The van der Waals surface area contributed by atoms with Gasteiger partial charge in [-0.2, -0.15) is 4.98 Å². The van der Waals surface area contributed by atoms with E-state index in [1.165, 1.54) is 17.3 Å². The number of nitrogens with one attached hydrogen (secondary N) is 1. The molecule has 2 heterocycles. The molecule has 3 aromatic carbocycles. The highest BCUT2D eigenvalue weighted by molar-refractivity contribution is 8.00. The summed E-state index contributed by atoms with van der Waals surface area (Å²) in [7, 11) is 0. The van der Waals surface area contributed by atoms with E-state index < -0.39 is 0 Å². The lowest BCUT2D eigenvalue weighted by molar-refractivity contribution is -0.113. The largest absolute Gasteiger partial charge is 0.438 e. The van der Waals surface area contributed by atoms with Crippen LogP contribution in [0.5, 0.6) is 11.6 Å². The monoisotopic (exact) mass is 467 g/mol. The highest BCUT2D eigenvalue weighted by Crippen LogP contribution is 2.41. The molecule has 0 unspecified atom stereocenters. The molecule has 0 bridgehead atoms. The molecular weight excluding hydrogens is 442 g/mol. The van der Waals surface area contributed by atoms with Crippen LogP contribution in [0.3, 0.4) is 0 Å². The van der Waals surface area contributed by atoms with Crippen molar-refractivity contribution in [3.63, 3.8) is 0 Å². The Bertz CT molecular complexity index is 1390. The third kappa shape index (κ3) is 4.54. The molecule has 5 nitrogen and oxygen atoms in total. The fourth-order valence-electron chi connectivity index (χ4n) is 3.95. The minimum atomic E-state index is -0.0742. The Morgan fingerprint density at radius 3 is 2.56 bits per heavy atom. The molecular formula is C28H25N3O2S. The molecule has 34 heavy (non-hydrogen) atoms. The molecule has 1 N–H and O–H groups in total. The van der Waals surface area contributed by atoms with Gasteiger partial charge in [-0.15, -0.1) is 0 Å². The van der Waals surface area contributed by atoms with E-state index in [4.69, 9.17) is 14.7 Å². The fourth-order valence-corrected chi connectivity index (χ4v) is 4.78. The Labute approximate surface area is 203 Å². The number of anilines is 1. The maximum absolute atomic E-state index is 12.7. The van der Waals surface area contributed by atoms with E-state index in [0.29, 0.717) is 18.1 Å². The van der Waals surface area contributed by atoms with Crippen LogP contribution in [-0.2, 0) is 11.2 Å². The molecule has 6 heteroatoms. The van der Waals surface area contributed by atoms with Gasteiger partial charge in [0.15, 0.2) is 5.82 Å². The quantitative estimate of drug-likeness (QED) is 0.236. The van der Waals surface area contributed by atoms with Crippen LogP contribution < -0.4 is 10.1 Å². The first-order valence-corrected chi connectivity index (χ1v) is 12.2. The van der Waals surface area contributed by atoms with E-state index in [-0.39, 0.29) is 11.7 Å². The van der Waals surface area contributed by atoms with E-state index in [9.17, 15) is 4.79 Å². The first-order chi connectivity index (χ1) is 16.5. The van der Waals surface area contributed by atoms with Crippen LogP contribution in [0.1, 0.15) is 27.8 Å². The second-order valence-corrected chi connectivity index (χ2v) is 9.44. The lowest BCUT2D eigenvalue weighted by atomic mass is 10.0. The molecule has 0 saturated heterocycles. The minimum Gasteiger partial charge on any atom is -0.438 e. The van der Waals surface area contributed by atoms with Gasteiger partial charge in [-0.05, 0) is 55.2 Å². The first kappa shape index (κ1) is 22.2. The standard InChI is InChI=1S/C28H25N3O2S/c1-17-12-13-22(14-19(17)3)29-24(32)16-34-28-23-15-21-11-7-8-18(2)25(21)33-27(23)30-26(31-28)20-9-5-4-6-10-20/h4-14H,15-16H2,1-3H3,(H,29,32). The number of carbonyl (C=O) groups is 1. The van der Waals surface area contributed by atoms with Crippen molar-refractivity contribution >= 4 is 23.4 Å². The van der Waals surface area contributed by atoms with Crippen LogP contribution in [0.2, 0.25) is 0 Å². The molecule has 5 rings (SSSR count). The Kier molecular flexibility index (Phi) is 6.07. The van der Waals surface area contributed by atoms with Gasteiger partial charge in [0.05, 0.1) is 11.3 Å². The number of aromatic nitrogens is 2. The Balaban J connectivity index is 1.44. The van der Waals surface area contributed by atoms with Gasteiger partial charge in [0.2, 0.25) is 11.8 Å². The van der Waals surface area contributed by atoms with Crippen LogP contribution in [-0.4, -0.2) is 21.6 Å². The zero-order chi connectivity index (χ0) is 23.7. The number of carbonyl (C=O) groups excluding carboxylic acids is 1. The lowest BCUT2D eigenvalue weighted by Gasteiger charge is -2.23. The molecule has 0 saturated carbocycles. The van der Waals surface area contributed by atoms with E-state index in [2.05, 4.69) is 18.3 Å². The molecule has 0 fully saturated rings. The molecule has 4 aromatic rings. The van der Waals surface area contributed by atoms with Crippen LogP contribution in [0, 0.1) is 20.8 Å². The number of nitrogens with zero attached hydrogens (tertiary/aromatic N) is 2. The molecule has 1 aliphatic rings. The van der Waals surface area contributed by atoms with Gasteiger partial charge in [-0.1, -0.05) is 66.4 Å². The molecule has 1 aliphatic heterocycles. The maximum atomic E-state index is 12.7. The maximum Gasteiger partial charge on any atom is 0.234 e. The number of fused-ring (bicyclic) bond motifs is 2. The Morgan fingerprint density at radius 2 is 1.76 bits per heavy atom. The topological polar surface area (TPSA) is 64.1 Å². The predicted octanol–water partition coefficient (Wildman–Crippen LogP) is 6.50. The number of para-hydroxylation sites is 1. The second kappa shape index (κ2) is 9.31. The Morgan fingerprint density at radius 1 is 0.941 bits per heavy atom. The van der Waals surface area contributed by atoms with Crippen LogP contribution in [0.25, 0.3) is 11.4 Å². The number of amides is 1. The molecule has 0 aliphatic carbocycles. The number of rotatable bonds is 5. The SMILES string of the molecule is Cc1ccc(NC(=O)CSc2nc(-c3ccccc3)nc3c2Cc2cccc(C)c2O3)cc1C. The molecule has 1 aromatic heterocycles. The summed E-state index contributed by atoms with van der Waals surface area (Å²) in [6.45, 7) is 6.13. The number of aryl methyl sites for hydroxylation is 3. The highest BCUT2D eigenvalue weighted by atomic mass is 32.2. The normalized spacial score (nSPS) is 11.9. The van der Waals surface area contributed by atoms with Gasteiger partial charge in [-0.25, -0.2) is 4.98 Å². The van der Waals surface area contributed by atoms with Crippen molar-refractivity contribution in [2.24, 2.45) is 0 Å². The summed E-state index contributed by atoms with van der Waals surface area (Å²) in [4.78, 5) is 22.3. The average molecular weight is 468 g/mol. The smallest absolute Gasteiger partial charge is 0.234 e. The average Bonchev–Trinajstić information content (AvgIpc) is 2.84. The van der Waals surface area contributed by atoms with Crippen LogP contribution in [0.15, 0.2) is 71.8 Å². The summed E-state index contributed by atoms with van der Waals surface area (Å²) in [5.74, 6) is 2.18. The highest BCUT2D eigenvalue weighted by Gasteiger charge is 2.25. The summed E-state index contributed by atoms with van der Waals surface area (Å²) in [6.07, 6.45) is 0.669. The van der Waals surface area contributed by atoms with Gasteiger partial charge < -0.3 is 10.1 Å². The van der Waals surface area contributed by atoms with E-state index in [1.807, 2.05) is 74.5 Å². The van der Waals surface area contributed by atoms with Gasteiger partial charge in [-0.3, -0.25) is 4.79 Å². The third-order valence-electron chi connectivity index (χ3n) is 5.95. The van der Waals surface area contributed by atoms with Crippen molar-refractivity contribution in [1.82, 2.24) is 9.97 Å². The second-order valence-electron chi connectivity index (χ2n) is 8.48. The zero-order valence-corrected chi connectivity index (χ0v) is 20.2. The minimum absolute atomic E-state index is 0.0742. The third-order valence-corrected chi connectivity index (χ3v) is 6.97. The van der Waals surface area contributed by atoms with E-state index >= 15 is 0 Å². The zero-order valence-electron chi connectivity index (χ0n) is 19.4. The molecule has 0 radical (unpaired) electrons. The first-order valence-electron chi connectivity index (χ1n) is 11.2. The number of hydrogen-bond donors (Lipinski definition) is 1. The van der Waals surface area contributed by atoms with E-state index in [1.54, 1.807) is 0 Å². The summed E-state index contributed by atoms with van der Waals surface area (Å²) < 4.78 is 6.27. The molecule has 1 amide bonds. The van der Waals surface area contributed by atoms with Crippen molar-refractivity contribution in [2.75, 3.05) is 11.1 Å². The van der Waals surface area contributed by atoms with Gasteiger partial charge >= 0.3 is 0 Å². The van der Waals surface area contributed by atoms with Crippen molar-refractivity contribution in [2.45, 2.75) is 32.2 Å². The van der Waals surface area contributed by atoms with Crippen LogP contribution in [0.4, 0.5) is 5.69 Å². The Hall–Kier alpha value is -3.64. The molecule has 0 spiro atoms. The van der Waals surface area contributed by atoms with Crippen molar-refractivity contribution in [3.05, 3.63) is 94.5 Å². The van der Waals surface area contributed by atoms with Crippen molar-refractivity contribution in [3.8, 4) is 23.0 Å². The van der Waals surface area contributed by atoms with Gasteiger partial charge in [0.25, 0.3) is 0 Å². The predicted molar refractivity (Wildman–Crippen MR) is 137 cm³/mol. The van der Waals surface area contributed by atoms with Crippen LogP contribution >= 0.6 is 11.8 Å². The summed E-state index contributed by atoms with van der Waals surface area (Å²) in [5, 5.41) is 3.76. The number of hydrogen-bond acceptors (Lipinski definition) is 5. The summed E-state index contributed by atoms with van der Waals surface area (Å²) >= 11 is 1.41. The number of benzene rings is 3. The molecule has 0 atom stereocenters. The van der Waals surface area contributed by atoms with Crippen molar-refractivity contribution < 1.29 is 9.53 Å². The van der Waals surface area contributed by atoms with Gasteiger partial charge in [0.1, 0.15) is 10.8 Å². The van der Waals surface area contributed by atoms with E-state index in [0.717, 1.165) is 44.3 Å². The number of thioether (sulfide) groups is 1. The molecule has 170 valence electrons. The van der Waals surface area contributed by atoms with Crippen molar-refractivity contribution in [1.29, 1.82) is 0 Å². The number of ether oxygens (including phenoxy) is 1. The fraction of sp³-hybridized carbons (Fsp3) is 0.179. The summed E-state index contributed by atoms with van der Waals surface area (Å²) in [6, 6.07) is 21.9. The summed E-state index contributed by atoms with van der Waals surface area (Å²) in [5.41, 5.74) is 7.15. The van der Waals surface area contributed by atoms with Gasteiger partial charge in [0, 0.05) is 17.7 Å².